The number of rotatable bonds is 6. The standard InChI is InChI=1S/C19H24N4O2/c24-12-16-10-23(11-17(16)21-19(25)14-6-7-14)9-15-8-20-22-18(15)13-4-2-1-3-5-13/h1-5,8,14,16-17,24H,6-7,9-12H2,(H,20,22)(H,21,25)/t16-,17+/m0/s1. The molecule has 0 bridgehead atoms. The van der Waals surface area contributed by atoms with Crippen LogP contribution < -0.4 is 5.32 Å². The van der Waals surface area contributed by atoms with Crippen LogP contribution >= 0.6 is 0 Å². The monoisotopic (exact) mass is 340 g/mol. The normalized spacial score (nSPS) is 23.7. The van der Waals surface area contributed by atoms with E-state index in [9.17, 15) is 9.90 Å². The lowest BCUT2D eigenvalue weighted by Gasteiger charge is -2.18. The molecular formula is C19H24N4O2. The minimum atomic E-state index is 0.0326. The Labute approximate surface area is 147 Å². The predicted octanol–water partition coefficient (Wildman–Crippen LogP) is 1.40. The van der Waals surface area contributed by atoms with Crippen molar-refractivity contribution in [3.05, 3.63) is 42.1 Å². The van der Waals surface area contributed by atoms with E-state index < -0.39 is 0 Å². The molecule has 2 heterocycles. The van der Waals surface area contributed by atoms with Crippen molar-refractivity contribution in [2.45, 2.75) is 25.4 Å². The molecule has 2 atom stereocenters. The molecule has 1 amide bonds. The van der Waals surface area contributed by atoms with Gasteiger partial charge in [-0.3, -0.25) is 14.8 Å². The van der Waals surface area contributed by atoms with Crippen molar-refractivity contribution >= 4 is 5.91 Å². The smallest absolute Gasteiger partial charge is 0.223 e. The van der Waals surface area contributed by atoms with E-state index in [0.717, 1.165) is 49.3 Å². The molecule has 1 saturated heterocycles. The summed E-state index contributed by atoms with van der Waals surface area (Å²) >= 11 is 0. The van der Waals surface area contributed by atoms with Crippen LogP contribution in [0.15, 0.2) is 36.5 Å². The number of aromatic nitrogens is 2. The summed E-state index contributed by atoms with van der Waals surface area (Å²) in [5.74, 6) is 0.445. The van der Waals surface area contributed by atoms with Crippen LogP contribution in [0.3, 0.4) is 0 Å². The first-order valence-electron chi connectivity index (χ1n) is 8.96. The zero-order chi connectivity index (χ0) is 17.2. The second kappa shape index (κ2) is 6.98. The molecule has 6 heteroatoms. The van der Waals surface area contributed by atoms with E-state index in [1.807, 2.05) is 24.4 Å². The van der Waals surface area contributed by atoms with Crippen molar-refractivity contribution in [3.8, 4) is 11.3 Å². The van der Waals surface area contributed by atoms with Crippen molar-refractivity contribution in [2.75, 3.05) is 19.7 Å². The zero-order valence-electron chi connectivity index (χ0n) is 14.2. The SMILES string of the molecule is O=C(N[C@@H]1CN(Cc2cn[nH]c2-c2ccccc2)C[C@H]1CO)C1CC1. The van der Waals surface area contributed by atoms with Crippen LogP contribution in [0.4, 0.5) is 0 Å². The van der Waals surface area contributed by atoms with E-state index in [1.54, 1.807) is 0 Å². The summed E-state index contributed by atoms with van der Waals surface area (Å²) in [5, 5.41) is 20.1. The van der Waals surface area contributed by atoms with Crippen LogP contribution in [-0.2, 0) is 11.3 Å². The molecule has 0 radical (unpaired) electrons. The number of likely N-dealkylation sites (tertiary alicyclic amines) is 1. The fourth-order valence-corrected chi connectivity index (χ4v) is 3.61. The highest BCUT2D eigenvalue weighted by Crippen LogP contribution is 2.30. The maximum Gasteiger partial charge on any atom is 0.223 e. The van der Waals surface area contributed by atoms with Gasteiger partial charge in [0.05, 0.1) is 11.9 Å². The fraction of sp³-hybridized carbons (Fsp3) is 0.474. The van der Waals surface area contributed by atoms with Gasteiger partial charge in [-0.05, 0) is 18.4 Å². The Bertz CT molecular complexity index is 726. The third-order valence-corrected chi connectivity index (χ3v) is 5.20. The first-order chi connectivity index (χ1) is 12.2. The summed E-state index contributed by atoms with van der Waals surface area (Å²) in [6, 6.07) is 10.2. The maximum atomic E-state index is 12.1. The zero-order valence-corrected chi connectivity index (χ0v) is 14.2. The van der Waals surface area contributed by atoms with Gasteiger partial charge in [-0.25, -0.2) is 0 Å². The lowest BCUT2D eigenvalue weighted by Crippen LogP contribution is -2.42. The van der Waals surface area contributed by atoms with Gasteiger partial charge in [-0.1, -0.05) is 30.3 Å². The van der Waals surface area contributed by atoms with E-state index in [0.29, 0.717) is 0 Å². The highest BCUT2D eigenvalue weighted by atomic mass is 16.3. The minimum absolute atomic E-state index is 0.0326. The number of H-pyrrole nitrogens is 1. The summed E-state index contributed by atoms with van der Waals surface area (Å²) in [7, 11) is 0. The van der Waals surface area contributed by atoms with Gasteiger partial charge in [0, 0.05) is 49.7 Å². The third kappa shape index (κ3) is 3.60. The van der Waals surface area contributed by atoms with Gasteiger partial charge in [0.2, 0.25) is 5.91 Å². The average molecular weight is 340 g/mol. The molecule has 1 aliphatic heterocycles. The van der Waals surface area contributed by atoms with E-state index in [2.05, 4.69) is 32.5 Å². The molecule has 2 aliphatic rings. The number of nitrogens with zero attached hydrogens (tertiary/aromatic N) is 2. The molecule has 1 aromatic heterocycles. The fourth-order valence-electron chi connectivity index (χ4n) is 3.61. The topological polar surface area (TPSA) is 81.2 Å². The molecule has 25 heavy (non-hydrogen) atoms. The molecule has 2 aromatic rings. The largest absolute Gasteiger partial charge is 0.396 e. The molecule has 6 nitrogen and oxygen atoms in total. The summed E-state index contributed by atoms with van der Waals surface area (Å²) < 4.78 is 0. The van der Waals surface area contributed by atoms with Gasteiger partial charge in [0.15, 0.2) is 0 Å². The van der Waals surface area contributed by atoms with Crippen LogP contribution in [0, 0.1) is 11.8 Å². The second-order valence-electron chi connectivity index (χ2n) is 7.16. The Morgan fingerprint density at radius 3 is 2.80 bits per heavy atom. The molecule has 2 fully saturated rings. The highest BCUT2D eigenvalue weighted by Gasteiger charge is 2.37. The van der Waals surface area contributed by atoms with Gasteiger partial charge in [-0.2, -0.15) is 5.10 Å². The van der Waals surface area contributed by atoms with Crippen molar-refractivity contribution in [3.63, 3.8) is 0 Å². The lowest BCUT2D eigenvalue weighted by atomic mass is 10.1. The quantitative estimate of drug-likeness (QED) is 0.742. The van der Waals surface area contributed by atoms with Gasteiger partial charge in [0.1, 0.15) is 0 Å². The Morgan fingerprint density at radius 1 is 1.28 bits per heavy atom. The number of aromatic amines is 1. The number of aliphatic hydroxyl groups is 1. The number of nitrogens with one attached hydrogen (secondary N) is 2. The van der Waals surface area contributed by atoms with E-state index in [1.165, 1.54) is 0 Å². The van der Waals surface area contributed by atoms with Crippen LogP contribution in [0.2, 0.25) is 0 Å². The molecule has 4 rings (SSSR count). The first-order valence-corrected chi connectivity index (χ1v) is 8.96. The number of carbonyl (C=O) groups excluding carboxylic acids is 1. The molecule has 132 valence electrons. The number of aliphatic hydroxyl groups excluding tert-OH is 1. The van der Waals surface area contributed by atoms with Crippen LogP contribution in [-0.4, -0.2) is 51.8 Å². The molecule has 0 unspecified atom stereocenters. The van der Waals surface area contributed by atoms with Gasteiger partial charge >= 0.3 is 0 Å². The van der Waals surface area contributed by atoms with E-state index in [4.69, 9.17) is 0 Å². The highest BCUT2D eigenvalue weighted by molar-refractivity contribution is 5.81. The number of amides is 1. The first kappa shape index (κ1) is 16.3. The maximum absolute atomic E-state index is 12.1. The van der Waals surface area contributed by atoms with E-state index >= 15 is 0 Å². The third-order valence-electron chi connectivity index (χ3n) is 5.20. The number of carbonyl (C=O) groups is 1. The summed E-state index contributed by atoms with van der Waals surface area (Å²) in [5.41, 5.74) is 3.29. The second-order valence-corrected chi connectivity index (χ2v) is 7.16. The van der Waals surface area contributed by atoms with Crippen LogP contribution in [0.1, 0.15) is 18.4 Å². The summed E-state index contributed by atoms with van der Waals surface area (Å²) in [4.78, 5) is 14.3. The van der Waals surface area contributed by atoms with Crippen LogP contribution in [0.5, 0.6) is 0 Å². The van der Waals surface area contributed by atoms with Crippen molar-refractivity contribution in [2.24, 2.45) is 11.8 Å². The van der Waals surface area contributed by atoms with Gasteiger partial charge in [-0.15, -0.1) is 0 Å². The number of hydrogen-bond donors (Lipinski definition) is 3. The summed E-state index contributed by atoms with van der Waals surface area (Å²) in [6.07, 6.45) is 3.87. The Morgan fingerprint density at radius 2 is 2.08 bits per heavy atom. The molecule has 1 aliphatic carbocycles. The average Bonchev–Trinajstić information content (AvgIpc) is 3.28. The molecular weight excluding hydrogens is 316 g/mol. The molecule has 1 aromatic carbocycles. The Kier molecular flexibility index (Phi) is 4.55. The number of benzene rings is 1. The van der Waals surface area contributed by atoms with Crippen LogP contribution in [0.25, 0.3) is 11.3 Å². The molecule has 3 N–H and O–H groups in total. The Hall–Kier alpha value is -2.18. The van der Waals surface area contributed by atoms with Gasteiger partial charge in [0.25, 0.3) is 0 Å². The van der Waals surface area contributed by atoms with Crippen molar-refractivity contribution in [1.82, 2.24) is 20.4 Å². The van der Waals surface area contributed by atoms with Crippen molar-refractivity contribution < 1.29 is 9.90 Å². The van der Waals surface area contributed by atoms with Crippen molar-refractivity contribution in [1.29, 1.82) is 0 Å². The van der Waals surface area contributed by atoms with Gasteiger partial charge < -0.3 is 10.4 Å². The van der Waals surface area contributed by atoms with E-state index in [-0.39, 0.29) is 30.4 Å². The minimum Gasteiger partial charge on any atom is -0.396 e. The molecule has 1 saturated carbocycles. The summed E-state index contributed by atoms with van der Waals surface area (Å²) in [6.45, 7) is 2.41. The molecule has 0 spiro atoms. The predicted molar refractivity (Wildman–Crippen MR) is 94.5 cm³/mol. The number of hydrogen-bond acceptors (Lipinski definition) is 4. The Balaban J connectivity index is 1.43. The lowest BCUT2D eigenvalue weighted by molar-refractivity contribution is -0.123.